The first-order chi connectivity index (χ1) is 17.7. The summed E-state index contributed by atoms with van der Waals surface area (Å²) in [5.74, 6) is 0. The quantitative estimate of drug-likeness (QED) is 0.158. The molecule has 0 fully saturated rings. The van der Waals surface area contributed by atoms with Crippen LogP contribution in [0.1, 0.15) is 126 Å². The van der Waals surface area contributed by atoms with Crippen LogP contribution in [0.4, 0.5) is 0 Å². The second-order valence-corrected chi connectivity index (χ2v) is 10.5. The first-order valence-corrected chi connectivity index (χ1v) is 14.8. The molecule has 1 aliphatic rings. The minimum absolute atomic E-state index is 0.916. The maximum Gasteiger partial charge on any atom is 0.210 e. The van der Waals surface area contributed by atoms with E-state index in [1.165, 1.54) is 98.4 Å². The number of benzene rings is 2. The maximum absolute atomic E-state index is 11.5. The van der Waals surface area contributed by atoms with E-state index in [9.17, 15) is 5.53 Å². The van der Waals surface area contributed by atoms with Crippen molar-refractivity contribution in [1.29, 1.82) is 0 Å². The third-order valence-corrected chi connectivity index (χ3v) is 7.42. The molecule has 0 saturated heterocycles. The number of hydrogen-bond donors (Lipinski definition) is 0. The standard InChI is InChI=1S/C34H48N2/c1-4-7-10-13-18-28-20-16-23-30(25-28)33-27-32(22-15-12-9-6-3)34(36(33)35)31-24-17-21-29(26-31)19-14-11-8-5-2/h16-17,20-21,23-27H,4-15,18-19,22H2,1-3H3. The fourth-order valence-electron chi connectivity index (χ4n) is 5.27. The summed E-state index contributed by atoms with van der Waals surface area (Å²) < 4.78 is 1.47. The average molecular weight is 485 g/mol. The van der Waals surface area contributed by atoms with Gasteiger partial charge in [-0.05, 0) is 73.9 Å². The van der Waals surface area contributed by atoms with Crippen molar-refractivity contribution in [2.75, 3.05) is 0 Å². The van der Waals surface area contributed by atoms with Crippen molar-refractivity contribution in [3.63, 3.8) is 0 Å². The van der Waals surface area contributed by atoms with Crippen LogP contribution in [-0.2, 0) is 12.8 Å². The molecule has 194 valence electrons. The predicted octanol–water partition coefficient (Wildman–Crippen LogP) is 10.7. The second kappa shape index (κ2) is 15.6. The van der Waals surface area contributed by atoms with Gasteiger partial charge in [-0.25, -0.2) is 4.70 Å². The van der Waals surface area contributed by atoms with Crippen LogP contribution in [-0.4, -0.2) is 4.70 Å². The summed E-state index contributed by atoms with van der Waals surface area (Å²) in [7, 11) is 0. The molecule has 36 heavy (non-hydrogen) atoms. The lowest BCUT2D eigenvalue weighted by atomic mass is 9.98. The van der Waals surface area contributed by atoms with Crippen molar-refractivity contribution in [1.82, 2.24) is 0 Å². The van der Waals surface area contributed by atoms with Gasteiger partial charge in [0.25, 0.3) is 0 Å². The molecular weight excluding hydrogens is 436 g/mol. The lowest BCUT2D eigenvalue weighted by Gasteiger charge is -2.12. The van der Waals surface area contributed by atoms with Gasteiger partial charge in [0, 0.05) is 22.8 Å². The Morgan fingerprint density at radius 2 is 1.08 bits per heavy atom. The van der Waals surface area contributed by atoms with Gasteiger partial charge in [0.2, 0.25) is 11.4 Å². The van der Waals surface area contributed by atoms with Gasteiger partial charge in [0.1, 0.15) is 0 Å². The van der Waals surface area contributed by atoms with E-state index in [1.807, 2.05) is 0 Å². The highest BCUT2D eigenvalue weighted by Gasteiger charge is 2.28. The fraction of sp³-hybridized carbons (Fsp3) is 0.529. The molecule has 0 amide bonds. The molecule has 3 rings (SSSR count). The molecule has 0 radical (unpaired) electrons. The maximum atomic E-state index is 11.5. The number of aryl methyl sites for hydroxylation is 2. The summed E-state index contributed by atoms with van der Waals surface area (Å²) in [5, 5.41) is 0. The van der Waals surface area contributed by atoms with E-state index in [-0.39, 0.29) is 0 Å². The van der Waals surface area contributed by atoms with Crippen LogP contribution in [0.25, 0.3) is 16.9 Å². The smallest absolute Gasteiger partial charge is 0.210 e. The van der Waals surface area contributed by atoms with Gasteiger partial charge in [-0.15, -0.1) is 0 Å². The summed E-state index contributed by atoms with van der Waals surface area (Å²) in [5.41, 5.74) is 19.7. The molecular formula is C34H48N2. The van der Waals surface area contributed by atoms with Crippen molar-refractivity contribution in [3.8, 4) is 0 Å². The lowest BCUT2D eigenvalue weighted by Crippen LogP contribution is -2.03. The predicted molar refractivity (Wildman–Crippen MR) is 156 cm³/mol. The number of nitrogens with zero attached hydrogens (tertiary/aromatic N) is 2. The number of hydrogen-bond acceptors (Lipinski definition) is 0. The molecule has 0 saturated carbocycles. The summed E-state index contributed by atoms with van der Waals surface area (Å²) in [6.45, 7) is 6.78. The Labute approximate surface area is 221 Å². The zero-order chi connectivity index (χ0) is 25.6. The van der Waals surface area contributed by atoms with Crippen LogP contribution in [0, 0.1) is 0 Å². The summed E-state index contributed by atoms with van der Waals surface area (Å²) in [4.78, 5) is 0. The number of unbranched alkanes of at least 4 members (excludes halogenated alkanes) is 9. The van der Waals surface area contributed by atoms with Crippen LogP contribution in [0.3, 0.4) is 0 Å². The monoisotopic (exact) mass is 484 g/mol. The molecule has 0 atom stereocenters. The van der Waals surface area contributed by atoms with Gasteiger partial charge in [0.05, 0.1) is 0 Å². The lowest BCUT2D eigenvalue weighted by molar-refractivity contribution is -0.344. The van der Waals surface area contributed by atoms with Crippen molar-refractivity contribution in [2.24, 2.45) is 0 Å². The molecule has 1 aliphatic heterocycles. The molecule has 2 nitrogen and oxygen atoms in total. The van der Waals surface area contributed by atoms with Gasteiger partial charge in [-0.1, -0.05) is 103 Å². The van der Waals surface area contributed by atoms with Gasteiger partial charge in [-0.3, -0.25) is 0 Å². The summed E-state index contributed by atoms with van der Waals surface area (Å²) in [6.07, 6.45) is 20.6. The van der Waals surface area contributed by atoms with Crippen LogP contribution in [0.15, 0.2) is 60.2 Å². The van der Waals surface area contributed by atoms with E-state index < -0.39 is 0 Å². The van der Waals surface area contributed by atoms with Gasteiger partial charge in [-0.2, -0.15) is 0 Å². The minimum Gasteiger partial charge on any atom is -0.493 e. The first-order valence-electron chi connectivity index (χ1n) is 14.8. The molecule has 1 heterocycles. The molecule has 2 aromatic rings. The Balaban J connectivity index is 1.82. The normalized spacial score (nSPS) is 13.5. The number of allylic oxidation sites excluding steroid dienone is 2. The van der Waals surface area contributed by atoms with Crippen molar-refractivity contribution in [2.45, 2.75) is 117 Å². The van der Waals surface area contributed by atoms with E-state index in [4.69, 9.17) is 0 Å². The molecule has 0 spiro atoms. The Morgan fingerprint density at radius 3 is 1.64 bits per heavy atom. The molecule has 0 aliphatic carbocycles. The zero-order valence-electron chi connectivity index (χ0n) is 23.2. The van der Waals surface area contributed by atoms with Gasteiger partial charge < -0.3 is 5.53 Å². The van der Waals surface area contributed by atoms with Crippen molar-refractivity contribution in [3.05, 3.63) is 88.0 Å². The van der Waals surface area contributed by atoms with E-state index in [1.54, 1.807) is 0 Å². The fourth-order valence-corrected chi connectivity index (χ4v) is 5.27. The minimum atomic E-state index is 0.916. The Kier molecular flexibility index (Phi) is 12.2. The topological polar surface area (TPSA) is 25.3 Å². The van der Waals surface area contributed by atoms with E-state index >= 15 is 0 Å². The molecule has 2 aromatic carbocycles. The van der Waals surface area contributed by atoms with E-state index in [2.05, 4.69) is 75.4 Å². The molecule has 0 unspecified atom stereocenters. The number of rotatable bonds is 17. The highest BCUT2D eigenvalue weighted by atomic mass is 15.2. The van der Waals surface area contributed by atoms with Gasteiger partial charge in [0.15, 0.2) is 0 Å². The summed E-state index contributed by atoms with van der Waals surface area (Å²) in [6, 6.07) is 17.7. The largest absolute Gasteiger partial charge is 0.493 e. The molecule has 0 N–H and O–H groups in total. The molecule has 0 aromatic heterocycles. The Bertz CT molecular complexity index is 1030. The van der Waals surface area contributed by atoms with Crippen LogP contribution >= 0.6 is 0 Å². The van der Waals surface area contributed by atoms with Crippen LogP contribution in [0.2, 0.25) is 0 Å². The average Bonchev–Trinajstić information content (AvgIpc) is 3.23. The SMILES string of the molecule is CCCCCCC1=C(c2cccc(CCCCCC)c2)[N+](=[N-])C(c2cccc(CCCCCC)c2)=C1. The van der Waals surface area contributed by atoms with Crippen LogP contribution < -0.4 is 0 Å². The Hall–Kier alpha value is -2.48. The van der Waals surface area contributed by atoms with Crippen LogP contribution in [0.5, 0.6) is 0 Å². The third kappa shape index (κ3) is 8.29. The third-order valence-electron chi connectivity index (χ3n) is 7.42. The highest BCUT2D eigenvalue weighted by Crippen LogP contribution is 2.38. The summed E-state index contributed by atoms with van der Waals surface area (Å²) >= 11 is 0. The zero-order valence-corrected chi connectivity index (χ0v) is 23.2. The highest BCUT2D eigenvalue weighted by molar-refractivity contribution is 5.78. The Morgan fingerprint density at radius 1 is 0.583 bits per heavy atom. The van der Waals surface area contributed by atoms with Crippen molar-refractivity contribution < 1.29 is 4.70 Å². The van der Waals surface area contributed by atoms with Gasteiger partial charge >= 0.3 is 0 Å². The van der Waals surface area contributed by atoms with Crippen molar-refractivity contribution >= 4 is 11.4 Å². The molecule has 2 heteroatoms. The van der Waals surface area contributed by atoms with E-state index in [0.29, 0.717) is 0 Å². The molecule has 0 bridgehead atoms. The first kappa shape index (κ1) is 28.1. The second-order valence-electron chi connectivity index (χ2n) is 10.5. The van der Waals surface area contributed by atoms with E-state index in [0.717, 1.165) is 41.8 Å².